The van der Waals surface area contributed by atoms with Crippen LogP contribution in [0.5, 0.6) is 0 Å². The van der Waals surface area contributed by atoms with Gasteiger partial charge in [-0.25, -0.2) is 12.8 Å². The minimum atomic E-state index is -3.24. The SMILES string of the molecule is O=C(Nc1ccc(N2CCCS2(=O)=O)cc1)C1CC(c2cccc(F)c2)=NO1. The number of rotatable bonds is 4. The Morgan fingerprint density at radius 2 is 2.00 bits per heavy atom. The Labute approximate surface area is 161 Å². The molecule has 1 atom stereocenters. The van der Waals surface area contributed by atoms with Gasteiger partial charge in [-0.15, -0.1) is 0 Å². The first-order valence-corrected chi connectivity index (χ1v) is 10.4. The van der Waals surface area contributed by atoms with E-state index < -0.39 is 16.1 Å². The molecule has 0 aliphatic carbocycles. The standard InChI is InChI=1S/C19H18FN3O4S/c20-14-4-1-3-13(11-14)17-12-18(27-22-17)19(24)21-15-5-7-16(8-6-15)23-9-2-10-28(23,25)26/h1,3-8,11,18H,2,9-10,12H2,(H,21,24). The molecule has 4 rings (SSSR count). The highest BCUT2D eigenvalue weighted by atomic mass is 32.2. The number of carbonyl (C=O) groups is 1. The van der Waals surface area contributed by atoms with Gasteiger partial charge < -0.3 is 10.2 Å². The van der Waals surface area contributed by atoms with Gasteiger partial charge in [-0.1, -0.05) is 17.3 Å². The summed E-state index contributed by atoms with van der Waals surface area (Å²) in [5, 5.41) is 6.62. The molecule has 0 spiro atoms. The number of hydrogen-bond donors (Lipinski definition) is 1. The van der Waals surface area contributed by atoms with Gasteiger partial charge in [0.15, 0.2) is 0 Å². The van der Waals surface area contributed by atoms with Gasteiger partial charge in [0, 0.05) is 24.2 Å². The summed E-state index contributed by atoms with van der Waals surface area (Å²) in [7, 11) is -3.24. The van der Waals surface area contributed by atoms with E-state index >= 15 is 0 Å². The fourth-order valence-corrected chi connectivity index (χ4v) is 4.78. The van der Waals surface area contributed by atoms with Crippen LogP contribution in [0.3, 0.4) is 0 Å². The molecule has 1 saturated heterocycles. The van der Waals surface area contributed by atoms with Crippen LogP contribution < -0.4 is 9.62 Å². The number of nitrogens with one attached hydrogen (secondary N) is 1. The average molecular weight is 403 g/mol. The molecule has 146 valence electrons. The molecule has 9 heteroatoms. The molecule has 1 N–H and O–H groups in total. The highest BCUT2D eigenvalue weighted by Gasteiger charge is 2.30. The van der Waals surface area contributed by atoms with Crippen molar-refractivity contribution in [3.63, 3.8) is 0 Å². The lowest BCUT2D eigenvalue weighted by atomic mass is 10.0. The summed E-state index contributed by atoms with van der Waals surface area (Å²) in [6, 6.07) is 12.5. The number of carbonyl (C=O) groups excluding carboxylic acids is 1. The maximum atomic E-state index is 13.3. The predicted molar refractivity (Wildman–Crippen MR) is 103 cm³/mol. The van der Waals surface area contributed by atoms with E-state index in [9.17, 15) is 17.6 Å². The van der Waals surface area contributed by atoms with E-state index in [1.54, 1.807) is 36.4 Å². The summed E-state index contributed by atoms with van der Waals surface area (Å²) in [6.45, 7) is 0.462. The molecule has 7 nitrogen and oxygen atoms in total. The summed E-state index contributed by atoms with van der Waals surface area (Å²) in [5.41, 5.74) is 2.18. The minimum Gasteiger partial charge on any atom is -0.382 e. The van der Waals surface area contributed by atoms with E-state index in [4.69, 9.17) is 4.84 Å². The maximum Gasteiger partial charge on any atom is 0.268 e. The molecular formula is C19H18FN3O4S. The predicted octanol–water partition coefficient (Wildman–Crippen LogP) is 2.50. The Kier molecular flexibility index (Phi) is 4.76. The van der Waals surface area contributed by atoms with Crippen molar-refractivity contribution in [1.29, 1.82) is 0 Å². The van der Waals surface area contributed by atoms with Gasteiger partial charge in [0.05, 0.1) is 17.2 Å². The van der Waals surface area contributed by atoms with Crippen molar-refractivity contribution in [2.75, 3.05) is 21.9 Å². The lowest BCUT2D eigenvalue weighted by molar-refractivity contribution is -0.125. The molecule has 0 bridgehead atoms. The lowest BCUT2D eigenvalue weighted by Gasteiger charge is -2.17. The average Bonchev–Trinajstić information content (AvgIpc) is 3.29. The fraction of sp³-hybridized carbons (Fsp3) is 0.263. The van der Waals surface area contributed by atoms with Crippen molar-refractivity contribution in [2.45, 2.75) is 18.9 Å². The zero-order valence-corrected chi connectivity index (χ0v) is 15.7. The molecule has 0 saturated carbocycles. The van der Waals surface area contributed by atoms with Gasteiger partial charge in [-0.05, 0) is 42.8 Å². The maximum absolute atomic E-state index is 13.3. The molecule has 0 aromatic heterocycles. The number of amides is 1. The molecule has 2 aliphatic heterocycles. The quantitative estimate of drug-likeness (QED) is 0.850. The normalized spacial score (nSPS) is 20.5. The van der Waals surface area contributed by atoms with Crippen molar-refractivity contribution < 1.29 is 22.4 Å². The van der Waals surface area contributed by atoms with Crippen LogP contribution in [-0.4, -0.2) is 38.4 Å². The summed E-state index contributed by atoms with van der Waals surface area (Å²) in [6.07, 6.45) is 0.0317. The van der Waals surface area contributed by atoms with E-state index in [0.717, 1.165) is 0 Å². The first-order valence-electron chi connectivity index (χ1n) is 8.82. The third-order valence-electron chi connectivity index (χ3n) is 4.64. The second-order valence-corrected chi connectivity index (χ2v) is 8.64. The van der Waals surface area contributed by atoms with Crippen LogP contribution in [0.4, 0.5) is 15.8 Å². The molecule has 2 aromatic rings. The van der Waals surface area contributed by atoms with Gasteiger partial charge in [0.1, 0.15) is 5.82 Å². The van der Waals surface area contributed by atoms with Crippen LogP contribution >= 0.6 is 0 Å². The highest BCUT2D eigenvalue weighted by molar-refractivity contribution is 7.93. The molecule has 1 fully saturated rings. The molecule has 1 amide bonds. The first kappa shape index (κ1) is 18.4. The molecular weight excluding hydrogens is 385 g/mol. The Morgan fingerprint density at radius 1 is 1.21 bits per heavy atom. The molecule has 28 heavy (non-hydrogen) atoms. The highest BCUT2D eigenvalue weighted by Crippen LogP contribution is 2.26. The zero-order chi connectivity index (χ0) is 19.7. The van der Waals surface area contributed by atoms with Crippen molar-refractivity contribution in [2.24, 2.45) is 5.16 Å². The summed E-state index contributed by atoms with van der Waals surface area (Å²) >= 11 is 0. The number of halogens is 1. The van der Waals surface area contributed by atoms with Crippen molar-refractivity contribution in [3.05, 3.63) is 59.9 Å². The lowest BCUT2D eigenvalue weighted by Crippen LogP contribution is -2.28. The molecule has 2 heterocycles. The molecule has 0 radical (unpaired) electrons. The monoisotopic (exact) mass is 403 g/mol. The van der Waals surface area contributed by atoms with Gasteiger partial charge in [0.2, 0.25) is 16.1 Å². The van der Waals surface area contributed by atoms with Crippen LogP contribution in [0, 0.1) is 5.82 Å². The number of benzene rings is 2. The van der Waals surface area contributed by atoms with Gasteiger partial charge in [-0.3, -0.25) is 9.10 Å². The van der Waals surface area contributed by atoms with E-state index in [1.807, 2.05) is 0 Å². The Morgan fingerprint density at radius 3 is 2.68 bits per heavy atom. The zero-order valence-electron chi connectivity index (χ0n) is 14.8. The summed E-state index contributed by atoms with van der Waals surface area (Å²) in [5.74, 6) is -0.608. The van der Waals surface area contributed by atoms with Crippen molar-refractivity contribution in [1.82, 2.24) is 0 Å². The van der Waals surface area contributed by atoms with Gasteiger partial charge in [-0.2, -0.15) is 0 Å². The number of oxime groups is 1. The summed E-state index contributed by atoms with van der Waals surface area (Å²) < 4.78 is 38.7. The third-order valence-corrected chi connectivity index (χ3v) is 6.51. The minimum absolute atomic E-state index is 0.151. The van der Waals surface area contributed by atoms with E-state index in [-0.39, 0.29) is 23.9 Å². The van der Waals surface area contributed by atoms with Crippen LogP contribution in [0.15, 0.2) is 53.7 Å². The Hall–Kier alpha value is -2.94. The van der Waals surface area contributed by atoms with E-state index in [0.29, 0.717) is 35.6 Å². The largest absolute Gasteiger partial charge is 0.382 e. The van der Waals surface area contributed by atoms with Crippen LogP contribution in [0.1, 0.15) is 18.4 Å². The fourth-order valence-electron chi connectivity index (χ4n) is 3.22. The van der Waals surface area contributed by atoms with Crippen LogP contribution in [-0.2, 0) is 19.7 Å². The second-order valence-electron chi connectivity index (χ2n) is 6.62. The third kappa shape index (κ3) is 3.70. The Bertz CT molecular complexity index is 1040. The summed E-state index contributed by atoms with van der Waals surface area (Å²) in [4.78, 5) is 17.6. The van der Waals surface area contributed by atoms with Crippen LogP contribution in [0.2, 0.25) is 0 Å². The number of nitrogens with zero attached hydrogens (tertiary/aromatic N) is 2. The molecule has 2 aromatic carbocycles. The molecule has 1 unspecified atom stereocenters. The topological polar surface area (TPSA) is 88.1 Å². The Balaban J connectivity index is 1.38. The van der Waals surface area contributed by atoms with Crippen molar-refractivity contribution >= 4 is 33.0 Å². The van der Waals surface area contributed by atoms with Gasteiger partial charge >= 0.3 is 0 Å². The van der Waals surface area contributed by atoms with Crippen LogP contribution in [0.25, 0.3) is 0 Å². The van der Waals surface area contributed by atoms with Gasteiger partial charge in [0.25, 0.3) is 5.91 Å². The van der Waals surface area contributed by atoms with E-state index in [1.165, 1.54) is 16.4 Å². The first-order chi connectivity index (χ1) is 13.4. The number of hydrogen-bond acceptors (Lipinski definition) is 5. The molecule has 2 aliphatic rings. The number of anilines is 2. The number of sulfonamides is 1. The van der Waals surface area contributed by atoms with Crippen molar-refractivity contribution in [3.8, 4) is 0 Å². The second kappa shape index (κ2) is 7.23. The van der Waals surface area contributed by atoms with E-state index in [2.05, 4.69) is 10.5 Å². The smallest absolute Gasteiger partial charge is 0.268 e.